The van der Waals surface area contributed by atoms with Gasteiger partial charge in [-0.2, -0.15) is 0 Å². The summed E-state index contributed by atoms with van der Waals surface area (Å²) in [6.07, 6.45) is 7.33. The number of piperazine rings is 1. The quantitative estimate of drug-likeness (QED) is 0.765. The van der Waals surface area contributed by atoms with Gasteiger partial charge >= 0.3 is 0 Å². The SMILES string of the molecule is CCCCC[C@H](c1c[nH]c2ccc(OC)cc12)N1CCNCC1. The molecule has 1 fully saturated rings. The summed E-state index contributed by atoms with van der Waals surface area (Å²) < 4.78 is 5.43. The molecule has 0 radical (unpaired) electrons. The van der Waals surface area contributed by atoms with Crippen LogP contribution in [0.15, 0.2) is 24.4 Å². The molecule has 1 saturated heterocycles. The number of aromatic nitrogens is 1. The van der Waals surface area contributed by atoms with Gasteiger partial charge in [0.25, 0.3) is 0 Å². The van der Waals surface area contributed by atoms with Crippen molar-refractivity contribution in [3.05, 3.63) is 30.0 Å². The second-order valence-electron chi connectivity index (χ2n) is 6.45. The Morgan fingerprint density at radius 1 is 1.22 bits per heavy atom. The number of nitrogens with one attached hydrogen (secondary N) is 2. The summed E-state index contributed by atoms with van der Waals surface area (Å²) >= 11 is 0. The van der Waals surface area contributed by atoms with Gasteiger partial charge in [-0.05, 0) is 30.2 Å². The third kappa shape index (κ3) is 3.70. The van der Waals surface area contributed by atoms with Crippen LogP contribution in [0.3, 0.4) is 0 Å². The van der Waals surface area contributed by atoms with Gasteiger partial charge in [0.2, 0.25) is 0 Å². The molecule has 0 bridgehead atoms. The molecule has 0 aliphatic carbocycles. The first-order valence-electron chi connectivity index (χ1n) is 8.93. The molecule has 2 N–H and O–H groups in total. The number of aromatic amines is 1. The summed E-state index contributed by atoms with van der Waals surface area (Å²) in [5, 5.41) is 4.78. The minimum Gasteiger partial charge on any atom is -0.497 e. The van der Waals surface area contributed by atoms with E-state index in [-0.39, 0.29) is 0 Å². The van der Waals surface area contributed by atoms with E-state index in [1.165, 1.54) is 42.1 Å². The van der Waals surface area contributed by atoms with E-state index in [4.69, 9.17) is 4.74 Å². The van der Waals surface area contributed by atoms with Gasteiger partial charge in [0.05, 0.1) is 7.11 Å². The Balaban J connectivity index is 1.90. The molecule has 2 aromatic rings. The van der Waals surface area contributed by atoms with Crippen LogP contribution >= 0.6 is 0 Å². The third-order valence-electron chi connectivity index (χ3n) is 4.95. The molecule has 4 nitrogen and oxygen atoms in total. The highest BCUT2D eigenvalue weighted by Crippen LogP contribution is 2.34. The highest BCUT2D eigenvalue weighted by atomic mass is 16.5. The van der Waals surface area contributed by atoms with Gasteiger partial charge in [0.1, 0.15) is 5.75 Å². The summed E-state index contributed by atoms with van der Waals surface area (Å²) in [5.41, 5.74) is 2.63. The molecular weight excluding hydrogens is 286 g/mol. The maximum atomic E-state index is 5.43. The van der Waals surface area contributed by atoms with Gasteiger partial charge in [-0.25, -0.2) is 0 Å². The van der Waals surface area contributed by atoms with Crippen LogP contribution in [0.4, 0.5) is 0 Å². The Morgan fingerprint density at radius 3 is 2.78 bits per heavy atom. The lowest BCUT2D eigenvalue weighted by atomic mass is 9.97. The number of H-pyrrole nitrogens is 1. The van der Waals surface area contributed by atoms with Crippen LogP contribution < -0.4 is 10.1 Å². The second kappa shape index (κ2) is 7.84. The standard InChI is InChI=1S/C19H29N3O/c1-3-4-5-6-19(22-11-9-20-10-12-22)17-14-21-18-8-7-15(23-2)13-16(17)18/h7-8,13-14,19-21H,3-6,9-12H2,1-2H3/t19-/m1/s1. The normalized spacial score (nSPS) is 17.5. The molecule has 1 atom stereocenters. The summed E-state index contributed by atoms with van der Waals surface area (Å²) in [6.45, 7) is 6.73. The van der Waals surface area contributed by atoms with Crippen LogP contribution in [-0.4, -0.2) is 43.2 Å². The summed E-state index contributed by atoms with van der Waals surface area (Å²) in [4.78, 5) is 6.10. The fourth-order valence-electron chi connectivity index (χ4n) is 3.64. The topological polar surface area (TPSA) is 40.3 Å². The van der Waals surface area contributed by atoms with Crippen molar-refractivity contribution in [2.24, 2.45) is 0 Å². The van der Waals surface area contributed by atoms with E-state index in [1.807, 2.05) is 6.07 Å². The predicted molar refractivity (Wildman–Crippen MR) is 96.2 cm³/mol. The fraction of sp³-hybridized carbons (Fsp3) is 0.579. The van der Waals surface area contributed by atoms with Crippen LogP contribution in [0.5, 0.6) is 5.75 Å². The van der Waals surface area contributed by atoms with Crippen LogP contribution in [0.2, 0.25) is 0 Å². The van der Waals surface area contributed by atoms with Gasteiger partial charge in [0, 0.05) is 49.3 Å². The van der Waals surface area contributed by atoms with Gasteiger partial charge in [-0.3, -0.25) is 4.90 Å². The van der Waals surface area contributed by atoms with E-state index in [1.54, 1.807) is 7.11 Å². The molecule has 23 heavy (non-hydrogen) atoms. The molecule has 0 spiro atoms. The monoisotopic (exact) mass is 315 g/mol. The molecule has 4 heteroatoms. The minimum absolute atomic E-state index is 0.504. The van der Waals surface area contributed by atoms with Crippen molar-refractivity contribution in [1.82, 2.24) is 15.2 Å². The molecule has 0 unspecified atom stereocenters. The number of hydrogen-bond donors (Lipinski definition) is 2. The molecule has 1 aromatic heterocycles. The molecule has 2 heterocycles. The zero-order valence-electron chi connectivity index (χ0n) is 14.4. The van der Waals surface area contributed by atoms with E-state index in [9.17, 15) is 0 Å². The Hall–Kier alpha value is -1.52. The second-order valence-corrected chi connectivity index (χ2v) is 6.45. The number of fused-ring (bicyclic) bond motifs is 1. The van der Waals surface area contributed by atoms with Crippen molar-refractivity contribution in [3.63, 3.8) is 0 Å². The molecule has 126 valence electrons. The summed E-state index contributed by atoms with van der Waals surface area (Å²) in [6, 6.07) is 6.83. The number of methoxy groups -OCH3 is 1. The van der Waals surface area contributed by atoms with Crippen molar-refractivity contribution in [3.8, 4) is 5.75 Å². The fourth-order valence-corrected chi connectivity index (χ4v) is 3.64. The van der Waals surface area contributed by atoms with Gasteiger partial charge in [-0.15, -0.1) is 0 Å². The molecule has 1 aromatic carbocycles. The first-order valence-corrected chi connectivity index (χ1v) is 8.93. The van der Waals surface area contributed by atoms with Gasteiger partial charge in [-0.1, -0.05) is 26.2 Å². The van der Waals surface area contributed by atoms with Crippen LogP contribution in [0.25, 0.3) is 10.9 Å². The van der Waals surface area contributed by atoms with Crippen molar-refractivity contribution in [1.29, 1.82) is 0 Å². The third-order valence-corrected chi connectivity index (χ3v) is 4.95. The smallest absolute Gasteiger partial charge is 0.119 e. The molecule has 1 aliphatic rings. The van der Waals surface area contributed by atoms with Crippen molar-refractivity contribution in [2.75, 3.05) is 33.3 Å². The molecule has 0 amide bonds. The maximum Gasteiger partial charge on any atom is 0.119 e. The Labute approximate surface area is 139 Å². The molecule has 0 saturated carbocycles. The minimum atomic E-state index is 0.504. The summed E-state index contributed by atoms with van der Waals surface area (Å²) in [7, 11) is 1.74. The lowest BCUT2D eigenvalue weighted by Gasteiger charge is -2.35. The number of rotatable bonds is 7. The number of benzene rings is 1. The first kappa shape index (κ1) is 16.3. The molecular formula is C19H29N3O. The number of ether oxygens (including phenoxy) is 1. The zero-order chi connectivity index (χ0) is 16.1. The van der Waals surface area contributed by atoms with Crippen LogP contribution in [0, 0.1) is 0 Å². The number of unbranched alkanes of at least 4 members (excludes halogenated alkanes) is 2. The maximum absolute atomic E-state index is 5.43. The first-order chi connectivity index (χ1) is 11.3. The number of hydrogen-bond acceptors (Lipinski definition) is 3. The van der Waals surface area contributed by atoms with Crippen molar-refractivity contribution in [2.45, 2.75) is 38.6 Å². The van der Waals surface area contributed by atoms with E-state index in [0.29, 0.717) is 6.04 Å². The Kier molecular flexibility index (Phi) is 5.57. The lowest BCUT2D eigenvalue weighted by molar-refractivity contribution is 0.163. The predicted octanol–water partition coefficient (Wildman–Crippen LogP) is 3.70. The Bertz CT molecular complexity index is 616. The average Bonchev–Trinajstić information content (AvgIpc) is 3.02. The van der Waals surface area contributed by atoms with E-state index in [2.05, 4.69) is 40.5 Å². The summed E-state index contributed by atoms with van der Waals surface area (Å²) in [5.74, 6) is 0.936. The highest BCUT2D eigenvalue weighted by Gasteiger charge is 2.24. The van der Waals surface area contributed by atoms with Gasteiger partial charge < -0.3 is 15.0 Å². The van der Waals surface area contributed by atoms with Crippen molar-refractivity contribution >= 4 is 10.9 Å². The molecule has 1 aliphatic heterocycles. The Morgan fingerprint density at radius 2 is 2.04 bits per heavy atom. The van der Waals surface area contributed by atoms with Crippen LogP contribution in [-0.2, 0) is 0 Å². The van der Waals surface area contributed by atoms with E-state index in [0.717, 1.165) is 31.9 Å². The number of nitrogens with zero attached hydrogens (tertiary/aromatic N) is 1. The van der Waals surface area contributed by atoms with Crippen LogP contribution in [0.1, 0.15) is 44.2 Å². The lowest BCUT2D eigenvalue weighted by Crippen LogP contribution is -2.45. The average molecular weight is 315 g/mol. The van der Waals surface area contributed by atoms with E-state index >= 15 is 0 Å². The largest absolute Gasteiger partial charge is 0.497 e. The highest BCUT2D eigenvalue weighted by molar-refractivity contribution is 5.85. The van der Waals surface area contributed by atoms with E-state index < -0.39 is 0 Å². The molecule has 3 rings (SSSR count). The zero-order valence-corrected chi connectivity index (χ0v) is 14.4. The van der Waals surface area contributed by atoms with Gasteiger partial charge in [0.15, 0.2) is 0 Å². The van der Waals surface area contributed by atoms with Crippen molar-refractivity contribution < 1.29 is 4.74 Å².